The largest absolute Gasteiger partial charge is 0.484 e. The lowest BCUT2D eigenvalue weighted by Crippen LogP contribution is -2.20. The molecule has 1 saturated carbocycles. The fraction of sp³-hybridized carbons (Fsp3) is 0.263. The standard InChI is InChI=1S/C19H18Br2N2O3/c1-11-8-15(20)18(16(21)9-11)23-17(24)10-26-14-6-4-13(5-7-14)22-19(25)12-2-3-12/h4-9,12H,2-3,10H2,1H3,(H,22,25)(H,23,24). The van der Waals surface area contributed by atoms with E-state index in [1.165, 1.54) is 0 Å². The lowest BCUT2D eigenvalue weighted by molar-refractivity contribution is -0.118. The number of aryl methyl sites for hydroxylation is 1. The molecule has 0 saturated heterocycles. The number of carbonyl (C=O) groups excluding carboxylic acids is 2. The lowest BCUT2D eigenvalue weighted by Gasteiger charge is -2.12. The molecule has 1 aliphatic rings. The number of benzene rings is 2. The van der Waals surface area contributed by atoms with Crippen LogP contribution >= 0.6 is 31.9 Å². The van der Waals surface area contributed by atoms with Gasteiger partial charge in [-0.25, -0.2) is 0 Å². The van der Waals surface area contributed by atoms with Crippen molar-refractivity contribution < 1.29 is 14.3 Å². The van der Waals surface area contributed by atoms with Crippen LogP contribution in [0.25, 0.3) is 0 Å². The molecule has 26 heavy (non-hydrogen) atoms. The quantitative estimate of drug-likeness (QED) is 0.617. The summed E-state index contributed by atoms with van der Waals surface area (Å²) in [6.45, 7) is 1.86. The third kappa shape index (κ3) is 5.08. The Morgan fingerprint density at radius 1 is 1.08 bits per heavy atom. The Kier molecular flexibility index (Phi) is 5.98. The van der Waals surface area contributed by atoms with Crippen LogP contribution in [0.3, 0.4) is 0 Å². The van der Waals surface area contributed by atoms with Crippen LogP contribution < -0.4 is 15.4 Å². The van der Waals surface area contributed by atoms with Gasteiger partial charge in [0.1, 0.15) is 5.75 Å². The number of ether oxygens (including phenoxy) is 1. The minimum absolute atomic E-state index is 0.0623. The average molecular weight is 482 g/mol. The third-order valence-electron chi connectivity index (χ3n) is 3.89. The number of rotatable bonds is 6. The predicted molar refractivity (Wildman–Crippen MR) is 108 cm³/mol. The van der Waals surface area contributed by atoms with E-state index in [-0.39, 0.29) is 24.3 Å². The smallest absolute Gasteiger partial charge is 0.262 e. The molecule has 0 unspecified atom stereocenters. The molecule has 0 aromatic heterocycles. The second-order valence-corrected chi connectivity index (χ2v) is 7.94. The van der Waals surface area contributed by atoms with Gasteiger partial charge in [-0.15, -0.1) is 0 Å². The second kappa shape index (κ2) is 8.22. The van der Waals surface area contributed by atoms with E-state index in [1.807, 2.05) is 19.1 Å². The SMILES string of the molecule is Cc1cc(Br)c(NC(=O)COc2ccc(NC(=O)C3CC3)cc2)c(Br)c1. The first kappa shape index (κ1) is 18.9. The van der Waals surface area contributed by atoms with E-state index in [0.29, 0.717) is 11.4 Å². The lowest BCUT2D eigenvalue weighted by atomic mass is 10.2. The topological polar surface area (TPSA) is 67.4 Å². The van der Waals surface area contributed by atoms with E-state index in [2.05, 4.69) is 42.5 Å². The van der Waals surface area contributed by atoms with Crippen LogP contribution in [0.5, 0.6) is 5.75 Å². The molecule has 1 fully saturated rings. The summed E-state index contributed by atoms with van der Waals surface area (Å²) in [6.07, 6.45) is 1.94. The van der Waals surface area contributed by atoms with Gasteiger partial charge < -0.3 is 15.4 Å². The Hall–Kier alpha value is -1.86. The fourth-order valence-corrected chi connectivity index (χ4v) is 3.98. The Bertz CT molecular complexity index is 810. The summed E-state index contributed by atoms with van der Waals surface area (Å²) >= 11 is 6.89. The molecule has 0 heterocycles. The number of anilines is 2. The van der Waals surface area contributed by atoms with Crippen molar-refractivity contribution >= 4 is 55.0 Å². The highest BCUT2D eigenvalue weighted by molar-refractivity contribution is 9.11. The summed E-state index contributed by atoms with van der Waals surface area (Å²) in [4.78, 5) is 23.9. The van der Waals surface area contributed by atoms with Crippen molar-refractivity contribution in [1.29, 1.82) is 0 Å². The number of nitrogens with one attached hydrogen (secondary N) is 2. The Morgan fingerprint density at radius 3 is 2.27 bits per heavy atom. The average Bonchev–Trinajstić information content (AvgIpc) is 3.42. The maximum absolute atomic E-state index is 12.1. The molecule has 2 aromatic rings. The van der Waals surface area contributed by atoms with Crippen LogP contribution in [0.1, 0.15) is 18.4 Å². The van der Waals surface area contributed by atoms with Crippen molar-refractivity contribution in [1.82, 2.24) is 0 Å². The molecule has 3 rings (SSSR count). The molecule has 1 aliphatic carbocycles. The molecule has 136 valence electrons. The highest BCUT2D eigenvalue weighted by Gasteiger charge is 2.29. The molecule has 0 aliphatic heterocycles. The summed E-state index contributed by atoms with van der Waals surface area (Å²) in [5.74, 6) is 0.523. The number of amides is 2. The third-order valence-corrected chi connectivity index (χ3v) is 5.14. The maximum Gasteiger partial charge on any atom is 0.262 e. The van der Waals surface area contributed by atoms with Crippen LogP contribution in [0, 0.1) is 12.8 Å². The van der Waals surface area contributed by atoms with E-state index in [4.69, 9.17) is 4.74 Å². The minimum Gasteiger partial charge on any atom is -0.484 e. The molecule has 0 radical (unpaired) electrons. The first-order valence-corrected chi connectivity index (χ1v) is 9.80. The number of carbonyl (C=O) groups is 2. The van der Waals surface area contributed by atoms with Gasteiger partial charge in [0.25, 0.3) is 5.91 Å². The fourth-order valence-electron chi connectivity index (χ4n) is 2.37. The van der Waals surface area contributed by atoms with Crippen LogP contribution in [0.4, 0.5) is 11.4 Å². The van der Waals surface area contributed by atoms with E-state index >= 15 is 0 Å². The van der Waals surface area contributed by atoms with Crippen molar-refractivity contribution in [3.05, 3.63) is 50.9 Å². The second-order valence-electron chi connectivity index (χ2n) is 6.23. The summed E-state index contributed by atoms with van der Waals surface area (Å²) in [7, 11) is 0. The number of hydrogen-bond acceptors (Lipinski definition) is 3. The zero-order valence-electron chi connectivity index (χ0n) is 14.1. The van der Waals surface area contributed by atoms with Crippen molar-refractivity contribution in [3.63, 3.8) is 0 Å². The van der Waals surface area contributed by atoms with Gasteiger partial charge in [-0.1, -0.05) is 0 Å². The normalized spacial score (nSPS) is 13.2. The van der Waals surface area contributed by atoms with Gasteiger partial charge >= 0.3 is 0 Å². The van der Waals surface area contributed by atoms with Gasteiger partial charge in [0, 0.05) is 20.6 Å². The summed E-state index contributed by atoms with van der Waals surface area (Å²) in [5.41, 5.74) is 2.47. The molecular weight excluding hydrogens is 464 g/mol. The highest BCUT2D eigenvalue weighted by atomic mass is 79.9. The highest BCUT2D eigenvalue weighted by Crippen LogP contribution is 2.32. The van der Waals surface area contributed by atoms with Gasteiger partial charge in [0.2, 0.25) is 5.91 Å². The summed E-state index contributed by atoms with van der Waals surface area (Å²) in [5, 5.41) is 5.68. The van der Waals surface area contributed by atoms with Crippen LogP contribution in [0.2, 0.25) is 0 Å². The monoisotopic (exact) mass is 480 g/mol. The maximum atomic E-state index is 12.1. The van der Waals surface area contributed by atoms with E-state index in [9.17, 15) is 9.59 Å². The molecule has 5 nitrogen and oxygen atoms in total. The molecule has 7 heteroatoms. The van der Waals surface area contributed by atoms with Gasteiger partial charge in [0.05, 0.1) is 5.69 Å². The van der Waals surface area contributed by atoms with Crippen molar-refractivity contribution in [2.75, 3.05) is 17.2 Å². The molecule has 0 atom stereocenters. The van der Waals surface area contributed by atoms with Gasteiger partial charge in [-0.3, -0.25) is 9.59 Å². The molecule has 0 bridgehead atoms. The van der Waals surface area contributed by atoms with Crippen molar-refractivity contribution in [2.24, 2.45) is 5.92 Å². The first-order chi connectivity index (χ1) is 12.4. The molecule has 2 N–H and O–H groups in total. The summed E-state index contributed by atoms with van der Waals surface area (Å²) in [6, 6.07) is 10.8. The summed E-state index contributed by atoms with van der Waals surface area (Å²) < 4.78 is 7.11. The zero-order valence-corrected chi connectivity index (χ0v) is 17.3. The first-order valence-electron chi connectivity index (χ1n) is 8.21. The Balaban J connectivity index is 1.52. The van der Waals surface area contributed by atoms with E-state index < -0.39 is 0 Å². The predicted octanol–water partition coefficient (Wildman–Crippen LogP) is 4.89. The number of halogens is 2. The van der Waals surface area contributed by atoms with Gasteiger partial charge in [-0.05, 0) is 93.6 Å². The Morgan fingerprint density at radius 2 is 1.69 bits per heavy atom. The van der Waals surface area contributed by atoms with Gasteiger partial charge in [0.15, 0.2) is 6.61 Å². The van der Waals surface area contributed by atoms with E-state index in [0.717, 1.165) is 33.0 Å². The van der Waals surface area contributed by atoms with E-state index in [1.54, 1.807) is 24.3 Å². The van der Waals surface area contributed by atoms with Crippen LogP contribution in [0.15, 0.2) is 45.3 Å². The Labute approximate surface area is 168 Å². The zero-order chi connectivity index (χ0) is 18.7. The van der Waals surface area contributed by atoms with Crippen molar-refractivity contribution in [2.45, 2.75) is 19.8 Å². The minimum atomic E-state index is -0.263. The molecule has 2 amide bonds. The van der Waals surface area contributed by atoms with Crippen LogP contribution in [-0.4, -0.2) is 18.4 Å². The molecule has 0 spiro atoms. The number of hydrogen-bond donors (Lipinski definition) is 2. The molecule has 2 aromatic carbocycles. The van der Waals surface area contributed by atoms with Gasteiger partial charge in [-0.2, -0.15) is 0 Å². The van der Waals surface area contributed by atoms with Crippen molar-refractivity contribution in [3.8, 4) is 5.75 Å². The van der Waals surface area contributed by atoms with Crippen LogP contribution in [-0.2, 0) is 9.59 Å². The molecular formula is C19H18Br2N2O3.